The number of fused-ring (bicyclic) bond motifs is 1. The van der Waals surface area contributed by atoms with Crippen molar-refractivity contribution in [1.82, 2.24) is 5.32 Å². The molecule has 0 saturated heterocycles. The van der Waals surface area contributed by atoms with Crippen LogP contribution in [0.4, 0.5) is 5.69 Å². The zero-order valence-corrected chi connectivity index (χ0v) is 12.2. The van der Waals surface area contributed by atoms with Crippen LogP contribution in [0, 0.1) is 6.92 Å². The molecule has 1 aromatic heterocycles. The van der Waals surface area contributed by atoms with E-state index in [-0.39, 0.29) is 25.0 Å². The molecule has 3 rings (SSSR count). The number of rotatable bonds is 4. The van der Waals surface area contributed by atoms with Crippen molar-refractivity contribution < 1.29 is 18.7 Å². The summed E-state index contributed by atoms with van der Waals surface area (Å²) in [5.41, 5.74) is 1.74. The second kappa shape index (κ2) is 5.93. The van der Waals surface area contributed by atoms with Crippen LogP contribution in [0.15, 0.2) is 41.0 Å². The van der Waals surface area contributed by atoms with Crippen LogP contribution in [-0.2, 0) is 16.1 Å². The van der Waals surface area contributed by atoms with Gasteiger partial charge >= 0.3 is 5.97 Å². The van der Waals surface area contributed by atoms with Crippen LogP contribution in [0.3, 0.4) is 0 Å². The molecule has 0 atom stereocenters. The SMILES string of the molecule is Cc1ccc2c(c1)OC(=O)CN2CC(=O)NCc1ccco1. The van der Waals surface area contributed by atoms with Crippen LogP contribution < -0.4 is 15.0 Å². The van der Waals surface area contributed by atoms with Crippen molar-refractivity contribution in [2.24, 2.45) is 0 Å². The Balaban J connectivity index is 1.67. The molecule has 2 heterocycles. The van der Waals surface area contributed by atoms with Crippen LogP contribution >= 0.6 is 0 Å². The smallest absolute Gasteiger partial charge is 0.331 e. The fourth-order valence-electron chi connectivity index (χ4n) is 2.33. The maximum atomic E-state index is 12.0. The third kappa shape index (κ3) is 3.11. The van der Waals surface area contributed by atoms with Crippen LogP contribution in [-0.4, -0.2) is 25.0 Å². The molecule has 0 aliphatic carbocycles. The Bertz CT molecular complexity index is 694. The summed E-state index contributed by atoms with van der Waals surface area (Å²) in [7, 11) is 0. The summed E-state index contributed by atoms with van der Waals surface area (Å²) in [4.78, 5) is 25.4. The molecule has 0 spiro atoms. The average Bonchev–Trinajstić information content (AvgIpc) is 2.97. The van der Waals surface area contributed by atoms with E-state index < -0.39 is 0 Å². The van der Waals surface area contributed by atoms with Crippen LogP contribution in [0.5, 0.6) is 5.75 Å². The first-order valence-electron chi connectivity index (χ1n) is 6.97. The Labute approximate surface area is 127 Å². The normalized spacial score (nSPS) is 13.5. The first-order valence-corrected chi connectivity index (χ1v) is 6.97. The number of nitrogens with zero attached hydrogens (tertiary/aromatic N) is 1. The van der Waals surface area contributed by atoms with Gasteiger partial charge in [-0.25, -0.2) is 4.79 Å². The number of ether oxygens (including phenoxy) is 1. The summed E-state index contributed by atoms with van der Waals surface area (Å²) in [6, 6.07) is 9.13. The largest absolute Gasteiger partial charge is 0.467 e. The van der Waals surface area contributed by atoms with Gasteiger partial charge in [0.05, 0.1) is 25.0 Å². The molecule has 6 heteroatoms. The van der Waals surface area contributed by atoms with E-state index in [0.29, 0.717) is 18.1 Å². The van der Waals surface area contributed by atoms with Crippen molar-refractivity contribution in [3.63, 3.8) is 0 Å². The summed E-state index contributed by atoms with van der Waals surface area (Å²) in [5, 5.41) is 2.76. The number of hydrogen-bond donors (Lipinski definition) is 1. The Kier molecular flexibility index (Phi) is 3.82. The van der Waals surface area contributed by atoms with E-state index in [1.54, 1.807) is 29.4 Å². The summed E-state index contributed by atoms with van der Waals surface area (Å²) in [5.74, 6) is 0.632. The molecule has 1 N–H and O–H groups in total. The number of aryl methyl sites for hydroxylation is 1. The standard InChI is InChI=1S/C16H16N2O4/c1-11-4-5-13-14(7-11)22-16(20)10-18(13)9-15(19)17-8-12-3-2-6-21-12/h2-7H,8-10H2,1H3,(H,17,19). The van der Waals surface area contributed by atoms with Gasteiger partial charge in [-0.1, -0.05) is 6.07 Å². The molecule has 0 unspecified atom stereocenters. The Morgan fingerprint density at radius 2 is 2.23 bits per heavy atom. The lowest BCUT2D eigenvalue weighted by molar-refractivity contribution is -0.133. The molecule has 0 bridgehead atoms. The van der Waals surface area contributed by atoms with E-state index >= 15 is 0 Å². The van der Waals surface area contributed by atoms with Gasteiger partial charge < -0.3 is 19.4 Å². The van der Waals surface area contributed by atoms with Gasteiger partial charge in [-0.15, -0.1) is 0 Å². The monoisotopic (exact) mass is 300 g/mol. The summed E-state index contributed by atoms with van der Waals surface area (Å²) >= 11 is 0. The number of furan rings is 1. The van der Waals surface area contributed by atoms with Crippen LogP contribution in [0.1, 0.15) is 11.3 Å². The van der Waals surface area contributed by atoms with E-state index in [9.17, 15) is 9.59 Å². The topological polar surface area (TPSA) is 71.8 Å². The van der Waals surface area contributed by atoms with Gasteiger partial charge in [-0.2, -0.15) is 0 Å². The molecule has 0 fully saturated rings. The van der Waals surface area contributed by atoms with Crippen molar-refractivity contribution in [2.75, 3.05) is 18.0 Å². The van der Waals surface area contributed by atoms with Gasteiger partial charge in [-0.3, -0.25) is 4.79 Å². The first kappa shape index (κ1) is 14.2. The number of carbonyl (C=O) groups is 2. The molecule has 1 amide bonds. The number of anilines is 1. The summed E-state index contributed by atoms with van der Waals surface area (Å²) < 4.78 is 10.4. The lowest BCUT2D eigenvalue weighted by Gasteiger charge is -2.29. The first-order chi connectivity index (χ1) is 10.6. The minimum Gasteiger partial charge on any atom is -0.467 e. The molecule has 1 aliphatic rings. The van der Waals surface area contributed by atoms with Crippen molar-refractivity contribution >= 4 is 17.6 Å². The number of amides is 1. The van der Waals surface area contributed by atoms with Crippen molar-refractivity contribution in [3.8, 4) is 5.75 Å². The molecular weight excluding hydrogens is 284 g/mol. The summed E-state index contributed by atoms with van der Waals surface area (Å²) in [6.45, 7) is 2.39. The highest BCUT2D eigenvalue weighted by Gasteiger charge is 2.25. The maximum Gasteiger partial charge on any atom is 0.331 e. The van der Waals surface area contributed by atoms with Gasteiger partial charge in [0.15, 0.2) is 5.75 Å². The van der Waals surface area contributed by atoms with E-state index in [4.69, 9.17) is 9.15 Å². The Hall–Kier alpha value is -2.76. The molecule has 1 aliphatic heterocycles. The number of hydrogen-bond acceptors (Lipinski definition) is 5. The number of esters is 1. The highest BCUT2D eigenvalue weighted by molar-refractivity contribution is 5.89. The van der Waals surface area contributed by atoms with E-state index in [1.807, 2.05) is 19.1 Å². The fraction of sp³-hybridized carbons (Fsp3) is 0.250. The number of carbonyl (C=O) groups excluding carboxylic acids is 2. The molecule has 114 valence electrons. The third-order valence-corrected chi connectivity index (χ3v) is 3.37. The second-order valence-corrected chi connectivity index (χ2v) is 5.16. The minimum absolute atomic E-state index is 0.0598. The van der Waals surface area contributed by atoms with E-state index in [1.165, 1.54) is 0 Å². The van der Waals surface area contributed by atoms with Gasteiger partial charge in [0, 0.05) is 0 Å². The van der Waals surface area contributed by atoms with Crippen LogP contribution in [0.2, 0.25) is 0 Å². The fourth-order valence-corrected chi connectivity index (χ4v) is 2.33. The molecule has 22 heavy (non-hydrogen) atoms. The quantitative estimate of drug-likeness (QED) is 0.686. The maximum absolute atomic E-state index is 12.0. The minimum atomic E-state index is -0.364. The van der Waals surface area contributed by atoms with Crippen LogP contribution in [0.25, 0.3) is 0 Å². The lowest BCUT2D eigenvalue weighted by atomic mass is 10.1. The zero-order chi connectivity index (χ0) is 15.5. The lowest BCUT2D eigenvalue weighted by Crippen LogP contribution is -2.43. The van der Waals surface area contributed by atoms with E-state index in [0.717, 1.165) is 11.3 Å². The Morgan fingerprint density at radius 1 is 1.36 bits per heavy atom. The second-order valence-electron chi connectivity index (χ2n) is 5.16. The van der Waals surface area contributed by atoms with Crippen molar-refractivity contribution in [3.05, 3.63) is 47.9 Å². The zero-order valence-electron chi connectivity index (χ0n) is 12.2. The highest BCUT2D eigenvalue weighted by atomic mass is 16.5. The third-order valence-electron chi connectivity index (χ3n) is 3.37. The predicted octanol–water partition coefficient (Wildman–Crippen LogP) is 1.63. The van der Waals surface area contributed by atoms with Crippen molar-refractivity contribution in [1.29, 1.82) is 0 Å². The molecule has 2 aromatic rings. The molecule has 0 radical (unpaired) electrons. The van der Waals surface area contributed by atoms with Gasteiger partial charge in [0.2, 0.25) is 5.91 Å². The molecule has 6 nitrogen and oxygen atoms in total. The molecule has 0 saturated carbocycles. The molecular formula is C16H16N2O4. The van der Waals surface area contributed by atoms with Gasteiger partial charge in [-0.05, 0) is 36.8 Å². The average molecular weight is 300 g/mol. The summed E-state index contributed by atoms with van der Waals surface area (Å²) in [6.07, 6.45) is 1.56. The highest BCUT2D eigenvalue weighted by Crippen LogP contribution is 2.32. The Morgan fingerprint density at radius 3 is 3.00 bits per heavy atom. The number of nitrogens with one attached hydrogen (secondary N) is 1. The van der Waals surface area contributed by atoms with Gasteiger partial charge in [0.1, 0.15) is 12.3 Å². The van der Waals surface area contributed by atoms with Crippen molar-refractivity contribution in [2.45, 2.75) is 13.5 Å². The van der Waals surface area contributed by atoms with Gasteiger partial charge in [0.25, 0.3) is 0 Å². The number of benzene rings is 1. The van der Waals surface area contributed by atoms with E-state index in [2.05, 4.69) is 5.32 Å². The molecule has 1 aromatic carbocycles. The predicted molar refractivity (Wildman–Crippen MR) is 79.6 cm³/mol.